The predicted octanol–water partition coefficient (Wildman–Crippen LogP) is 5.28. The molecule has 0 aromatic heterocycles. The van der Waals surface area contributed by atoms with E-state index in [4.69, 9.17) is 5.73 Å². The minimum atomic E-state index is -1.28. The monoisotopic (exact) mass is 526 g/mol. The van der Waals surface area contributed by atoms with Crippen molar-refractivity contribution in [1.29, 1.82) is 0 Å². The number of amides is 2. The zero-order valence-corrected chi connectivity index (χ0v) is 24.9. The number of nitrogens with one attached hydrogen (secondary N) is 1. The van der Waals surface area contributed by atoms with Crippen LogP contribution in [0.5, 0.6) is 0 Å². The number of allylic oxidation sites excluding steroid dienone is 2. The number of fused-ring (bicyclic) bond motifs is 7. The predicted molar refractivity (Wildman–Crippen MR) is 147 cm³/mol. The summed E-state index contributed by atoms with van der Waals surface area (Å²) >= 11 is 0. The van der Waals surface area contributed by atoms with Crippen LogP contribution in [0.25, 0.3) is 0 Å². The van der Waals surface area contributed by atoms with Crippen LogP contribution in [-0.2, 0) is 14.4 Å². The van der Waals surface area contributed by atoms with Crippen molar-refractivity contribution in [3.8, 4) is 0 Å². The molecule has 5 aliphatic rings. The lowest BCUT2D eigenvalue weighted by atomic mass is 9.33. The molecule has 0 aromatic rings. The maximum absolute atomic E-state index is 14.4. The van der Waals surface area contributed by atoms with E-state index in [-0.39, 0.29) is 57.0 Å². The number of ketones is 1. The Bertz CT molecular complexity index is 1130. The summed E-state index contributed by atoms with van der Waals surface area (Å²) in [6.45, 7) is 17.0. The molecule has 4 fully saturated rings. The van der Waals surface area contributed by atoms with Gasteiger partial charge in [-0.2, -0.15) is 0 Å². The number of carbonyl (C=O) groups is 3. The van der Waals surface area contributed by atoms with Gasteiger partial charge >= 0.3 is 0 Å². The molecule has 0 aliphatic heterocycles. The Kier molecular flexibility index (Phi) is 5.83. The quantitative estimate of drug-likeness (QED) is 0.425. The molecule has 5 rings (SSSR count). The highest BCUT2D eigenvalue weighted by atomic mass is 16.3. The zero-order chi connectivity index (χ0) is 28.3. The molecule has 212 valence electrons. The van der Waals surface area contributed by atoms with E-state index in [0.29, 0.717) is 12.8 Å². The smallest absolute Gasteiger partial charge is 0.223 e. The molecule has 6 nitrogen and oxygen atoms in total. The molecule has 0 saturated heterocycles. The molecule has 0 radical (unpaired) electrons. The minimum Gasteiger partial charge on any atom is -0.370 e. The van der Waals surface area contributed by atoms with Gasteiger partial charge in [0.15, 0.2) is 5.78 Å². The van der Waals surface area contributed by atoms with E-state index in [2.05, 4.69) is 46.9 Å². The van der Waals surface area contributed by atoms with Crippen LogP contribution < -0.4 is 11.1 Å². The summed E-state index contributed by atoms with van der Waals surface area (Å²) < 4.78 is 0. The van der Waals surface area contributed by atoms with Crippen molar-refractivity contribution in [3.05, 3.63) is 11.6 Å². The van der Waals surface area contributed by atoms with Crippen molar-refractivity contribution in [3.63, 3.8) is 0 Å². The van der Waals surface area contributed by atoms with Gasteiger partial charge in [0.2, 0.25) is 11.8 Å². The fourth-order valence-electron chi connectivity index (χ4n) is 10.9. The van der Waals surface area contributed by atoms with Crippen LogP contribution in [0.4, 0.5) is 0 Å². The molecule has 2 amide bonds. The third-order valence-electron chi connectivity index (χ3n) is 13.8. The van der Waals surface area contributed by atoms with E-state index in [1.807, 2.05) is 13.0 Å². The second-order valence-corrected chi connectivity index (χ2v) is 15.9. The van der Waals surface area contributed by atoms with Gasteiger partial charge < -0.3 is 16.2 Å². The van der Waals surface area contributed by atoms with Crippen molar-refractivity contribution >= 4 is 17.6 Å². The van der Waals surface area contributed by atoms with Gasteiger partial charge in [-0.15, -0.1) is 0 Å². The van der Waals surface area contributed by atoms with E-state index in [1.165, 1.54) is 12.5 Å². The van der Waals surface area contributed by atoms with Crippen LogP contribution in [0, 0.1) is 50.2 Å². The van der Waals surface area contributed by atoms with Crippen molar-refractivity contribution < 1.29 is 19.5 Å². The molecule has 1 unspecified atom stereocenters. The maximum Gasteiger partial charge on any atom is 0.223 e. The molecule has 0 aromatic carbocycles. The summed E-state index contributed by atoms with van der Waals surface area (Å²) in [5.74, 6) is -0.0694. The zero-order valence-electron chi connectivity index (χ0n) is 24.9. The number of carbonyl (C=O) groups excluding carboxylic acids is 3. The van der Waals surface area contributed by atoms with Gasteiger partial charge in [0.05, 0.1) is 0 Å². The molecule has 4 saturated carbocycles. The highest BCUT2D eigenvalue weighted by Gasteiger charge is 2.71. The highest BCUT2D eigenvalue weighted by molar-refractivity contribution is 5.95. The van der Waals surface area contributed by atoms with Crippen LogP contribution in [-0.4, -0.2) is 28.4 Å². The van der Waals surface area contributed by atoms with Crippen LogP contribution in [0.3, 0.4) is 0 Å². The van der Waals surface area contributed by atoms with Gasteiger partial charge in [0.1, 0.15) is 5.72 Å². The largest absolute Gasteiger partial charge is 0.370 e. The summed E-state index contributed by atoms with van der Waals surface area (Å²) in [4.78, 5) is 39.0. The molecular weight excluding hydrogens is 476 g/mol. The fourth-order valence-corrected chi connectivity index (χ4v) is 10.9. The number of hydrogen-bond acceptors (Lipinski definition) is 4. The summed E-state index contributed by atoms with van der Waals surface area (Å²) in [6, 6.07) is 0. The fraction of sp³-hybridized carbons (Fsp3) is 0.844. The first-order valence-corrected chi connectivity index (χ1v) is 14.9. The molecule has 5 aliphatic carbocycles. The van der Waals surface area contributed by atoms with Gasteiger partial charge in [-0.05, 0) is 97.4 Å². The third-order valence-corrected chi connectivity index (χ3v) is 13.8. The summed E-state index contributed by atoms with van der Waals surface area (Å²) in [6.07, 6.45) is 9.64. The van der Waals surface area contributed by atoms with Crippen molar-refractivity contribution in [2.24, 2.45) is 56.0 Å². The second kappa shape index (κ2) is 7.95. The van der Waals surface area contributed by atoms with Gasteiger partial charge in [0, 0.05) is 23.7 Å². The van der Waals surface area contributed by atoms with E-state index < -0.39 is 16.6 Å². The molecule has 4 N–H and O–H groups in total. The molecule has 38 heavy (non-hydrogen) atoms. The molecular formula is C32H50N2O4. The summed E-state index contributed by atoms with van der Waals surface area (Å²) in [5, 5.41) is 14.6. The first-order chi connectivity index (χ1) is 17.3. The van der Waals surface area contributed by atoms with Crippen molar-refractivity contribution in [2.75, 3.05) is 0 Å². The van der Waals surface area contributed by atoms with Crippen molar-refractivity contribution in [2.45, 2.75) is 119 Å². The number of aliphatic hydroxyl groups is 1. The van der Waals surface area contributed by atoms with E-state index >= 15 is 0 Å². The number of primary amides is 1. The topological polar surface area (TPSA) is 109 Å². The molecule has 0 spiro atoms. The van der Waals surface area contributed by atoms with E-state index in [0.717, 1.165) is 44.9 Å². The van der Waals surface area contributed by atoms with E-state index in [1.54, 1.807) is 0 Å². The Labute approximate surface area is 229 Å². The molecule has 0 heterocycles. The summed E-state index contributed by atoms with van der Waals surface area (Å²) in [5.41, 5.74) is 4.28. The number of hydrogen-bond donors (Lipinski definition) is 3. The van der Waals surface area contributed by atoms with Crippen LogP contribution in [0.2, 0.25) is 0 Å². The second-order valence-electron chi connectivity index (χ2n) is 15.9. The number of rotatable bonds is 2. The van der Waals surface area contributed by atoms with Gasteiger partial charge in [-0.1, -0.05) is 54.0 Å². The first kappa shape index (κ1) is 27.9. The molecule has 6 heteroatoms. The average Bonchev–Trinajstić information content (AvgIpc) is 2.79. The Morgan fingerprint density at radius 3 is 2.18 bits per heavy atom. The van der Waals surface area contributed by atoms with Crippen LogP contribution in [0.1, 0.15) is 113 Å². The van der Waals surface area contributed by atoms with Crippen molar-refractivity contribution in [1.82, 2.24) is 5.32 Å². The SMILES string of the molecule is CC(=O)N[C@]1(O)CC[C@@]2(C)C(CC[C@]3(C)[C@@H]2C(=O)C=C2[C@@H]4C[C@@](C)(C(N)=O)CC[C@]4(C)CC[C@]23C)C1(C)C. The normalized spacial score (nSPS) is 51.4. The first-order valence-electron chi connectivity index (χ1n) is 14.9. The van der Waals surface area contributed by atoms with Crippen LogP contribution >= 0.6 is 0 Å². The standard InChI is InChI=1S/C32H50N2O4/c1-19(35)34-32(38)16-14-29(6)23(26(32,2)3)9-10-31(8)24(29)22(36)17-20-21-18-28(5,25(33)37)12-11-27(21,4)13-15-30(20,31)7/h17,21,23-24,38H,9-16,18H2,1-8H3,(H2,33,37)(H,34,35)/t21-,23?,24+,27+,28-,29-,30+,31+,32-/m0/s1. The van der Waals surface area contributed by atoms with Gasteiger partial charge in [-0.25, -0.2) is 0 Å². The average molecular weight is 527 g/mol. The lowest BCUT2D eigenvalue weighted by Gasteiger charge is -2.71. The molecule has 9 atom stereocenters. The van der Waals surface area contributed by atoms with E-state index in [9.17, 15) is 19.5 Å². The van der Waals surface area contributed by atoms with Gasteiger partial charge in [-0.3, -0.25) is 14.4 Å². The third kappa shape index (κ3) is 3.31. The minimum absolute atomic E-state index is 0.0898. The lowest BCUT2D eigenvalue weighted by molar-refractivity contribution is -0.238. The summed E-state index contributed by atoms with van der Waals surface area (Å²) in [7, 11) is 0. The maximum atomic E-state index is 14.4. The Hall–Kier alpha value is -1.69. The highest BCUT2D eigenvalue weighted by Crippen LogP contribution is 2.75. The Balaban J connectivity index is 1.59. The molecule has 0 bridgehead atoms. The Morgan fingerprint density at radius 1 is 0.947 bits per heavy atom. The number of nitrogens with two attached hydrogens (primary N) is 1. The Morgan fingerprint density at radius 2 is 1.58 bits per heavy atom. The van der Waals surface area contributed by atoms with Gasteiger partial charge in [0.25, 0.3) is 0 Å². The lowest BCUT2D eigenvalue weighted by Crippen LogP contribution is -2.71. The van der Waals surface area contributed by atoms with Crippen LogP contribution in [0.15, 0.2) is 11.6 Å².